The molecule has 0 amide bonds. The van der Waals surface area contributed by atoms with Gasteiger partial charge in [-0.1, -0.05) is 0 Å². The first-order chi connectivity index (χ1) is 8.76. The summed E-state index contributed by atoms with van der Waals surface area (Å²) in [5, 5.41) is 18.1. The fraction of sp³-hybridized carbons (Fsp3) is 0.692. The van der Waals surface area contributed by atoms with Gasteiger partial charge >= 0.3 is 0 Å². The molecule has 0 bridgehead atoms. The number of methoxy groups -OCH3 is 1. The minimum absolute atomic E-state index is 0.0204. The van der Waals surface area contributed by atoms with E-state index < -0.39 is 0 Å². The normalized spacial score (nSPS) is 30.2. The number of anilines is 1. The highest BCUT2D eigenvalue weighted by Crippen LogP contribution is 2.50. The molecular weight excluding hydrogens is 230 g/mol. The molecule has 1 saturated carbocycles. The second kappa shape index (κ2) is 4.48. The summed E-state index contributed by atoms with van der Waals surface area (Å²) < 4.78 is 5.48. The highest BCUT2D eigenvalue weighted by atomic mass is 16.5. The van der Waals surface area contributed by atoms with Crippen LogP contribution < -0.4 is 4.90 Å². The van der Waals surface area contributed by atoms with Gasteiger partial charge in [-0.15, -0.1) is 5.10 Å². The van der Waals surface area contributed by atoms with Crippen molar-refractivity contribution in [3.8, 4) is 0 Å². The zero-order chi connectivity index (χ0) is 12.6. The first-order valence-corrected chi connectivity index (χ1v) is 6.50. The minimum Gasteiger partial charge on any atom is -0.392 e. The summed E-state index contributed by atoms with van der Waals surface area (Å²) in [6.07, 6.45) is 4.41. The van der Waals surface area contributed by atoms with Gasteiger partial charge in [0.05, 0.1) is 12.2 Å². The van der Waals surface area contributed by atoms with Crippen molar-refractivity contribution >= 4 is 5.82 Å². The van der Waals surface area contributed by atoms with Crippen LogP contribution in [0, 0.1) is 5.41 Å². The topological polar surface area (TPSA) is 58.5 Å². The molecule has 1 aliphatic heterocycles. The first kappa shape index (κ1) is 11.9. The largest absolute Gasteiger partial charge is 0.392 e. The van der Waals surface area contributed by atoms with E-state index in [4.69, 9.17) is 4.74 Å². The standard InChI is InChI=1S/C13H19N3O2/c1-18-11-9-10(17)13(11)4-7-16(8-5-13)12-3-2-6-14-15-12/h2-3,6,10-11,17H,4-5,7-9H2,1H3/t10-,11+/m1/s1. The monoisotopic (exact) mass is 249 g/mol. The predicted molar refractivity (Wildman–Crippen MR) is 67.3 cm³/mol. The Morgan fingerprint density at radius 2 is 2.22 bits per heavy atom. The molecule has 1 spiro atoms. The summed E-state index contributed by atoms with van der Waals surface area (Å²) in [7, 11) is 1.74. The van der Waals surface area contributed by atoms with Crippen LogP contribution in [0.2, 0.25) is 0 Å². The maximum absolute atomic E-state index is 10.1. The van der Waals surface area contributed by atoms with E-state index >= 15 is 0 Å². The van der Waals surface area contributed by atoms with Gasteiger partial charge in [-0.3, -0.25) is 0 Å². The Bertz CT molecular complexity index is 404. The number of nitrogens with zero attached hydrogens (tertiary/aromatic N) is 3. The summed E-state index contributed by atoms with van der Waals surface area (Å²) in [5.74, 6) is 0.926. The third-order valence-corrected chi connectivity index (χ3v) is 4.60. The Labute approximate surface area is 107 Å². The number of aliphatic hydroxyl groups excluding tert-OH is 1. The van der Waals surface area contributed by atoms with Crippen LogP contribution in [0.15, 0.2) is 18.3 Å². The number of aromatic nitrogens is 2. The van der Waals surface area contributed by atoms with Crippen LogP contribution in [-0.2, 0) is 4.74 Å². The van der Waals surface area contributed by atoms with Gasteiger partial charge in [-0.2, -0.15) is 5.10 Å². The van der Waals surface area contributed by atoms with Gasteiger partial charge in [0.1, 0.15) is 0 Å². The molecule has 98 valence electrons. The van der Waals surface area contributed by atoms with Crippen LogP contribution in [-0.4, -0.2) is 47.7 Å². The van der Waals surface area contributed by atoms with Crippen molar-refractivity contribution in [2.24, 2.45) is 5.41 Å². The molecule has 0 radical (unpaired) electrons. The Morgan fingerprint density at radius 3 is 2.78 bits per heavy atom. The summed E-state index contributed by atoms with van der Waals surface area (Å²) in [5.41, 5.74) is -0.0204. The average Bonchev–Trinajstić information content (AvgIpc) is 2.45. The van der Waals surface area contributed by atoms with E-state index in [0.29, 0.717) is 0 Å². The van der Waals surface area contributed by atoms with E-state index in [-0.39, 0.29) is 17.6 Å². The fourth-order valence-corrected chi connectivity index (χ4v) is 3.33. The van der Waals surface area contributed by atoms with Crippen molar-refractivity contribution in [3.05, 3.63) is 18.3 Å². The second-order valence-corrected chi connectivity index (χ2v) is 5.28. The van der Waals surface area contributed by atoms with Crippen molar-refractivity contribution in [3.63, 3.8) is 0 Å². The molecular formula is C13H19N3O2. The van der Waals surface area contributed by atoms with Gasteiger partial charge < -0.3 is 14.7 Å². The van der Waals surface area contributed by atoms with E-state index in [1.165, 1.54) is 0 Å². The maximum Gasteiger partial charge on any atom is 0.151 e. The van der Waals surface area contributed by atoms with Crippen LogP contribution in [0.3, 0.4) is 0 Å². The van der Waals surface area contributed by atoms with Crippen LogP contribution in [0.5, 0.6) is 0 Å². The van der Waals surface area contributed by atoms with E-state index in [2.05, 4.69) is 15.1 Å². The molecule has 1 aliphatic carbocycles. The molecule has 2 fully saturated rings. The Kier molecular flexibility index (Phi) is 2.95. The average molecular weight is 249 g/mol. The molecule has 3 rings (SSSR count). The third kappa shape index (κ3) is 1.69. The minimum atomic E-state index is -0.202. The van der Waals surface area contributed by atoms with Crippen molar-refractivity contribution < 1.29 is 9.84 Å². The summed E-state index contributed by atoms with van der Waals surface area (Å²) in [6.45, 7) is 1.82. The van der Waals surface area contributed by atoms with Crippen LogP contribution in [0.25, 0.3) is 0 Å². The van der Waals surface area contributed by atoms with Crippen LogP contribution in [0.1, 0.15) is 19.3 Å². The zero-order valence-corrected chi connectivity index (χ0v) is 10.6. The highest BCUT2D eigenvalue weighted by Gasteiger charge is 2.55. The third-order valence-electron chi connectivity index (χ3n) is 4.60. The number of piperidine rings is 1. The lowest BCUT2D eigenvalue weighted by molar-refractivity contribution is -0.190. The molecule has 2 aliphatic rings. The summed E-state index contributed by atoms with van der Waals surface area (Å²) in [6, 6.07) is 3.89. The van der Waals surface area contributed by atoms with Crippen molar-refractivity contribution in [1.82, 2.24) is 10.2 Å². The van der Waals surface area contributed by atoms with Crippen LogP contribution in [0.4, 0.5) is 5.82 Å². The van der Waals surface area contributed by atoms with E-state index in [0.717, 1.165) is 38.2 Å². The molecule has 0 unspecified atom stereocenters. The lowest BCUT2D eigenvalue weighted by Gasteiger charge is -2.56. The SMILES string of the molecule is CO[C@H]1C[C@@H](O)C12CCN(c1cccnn1)CC2. The number of aliphatic hydroxyl groups is 1. The molecule has 1 aromatic heterocycles. The summed E-state index contributed by atoms with van der Waals surface area (Å²) >= 11 is 0. The summed E-state index contributed by atoms with van der Waals surface area (Å²) in [4.78, 5) is 2.23. The zero-order valence-electron chi connectivity index (χ0n) is 10.6. The number of rotatable bonds is 2. The van der Waals surface area contributed by atoms with E-state index in [1.807, 2.05) is 12.1 Å². The number of hydrogen-bond acceptors (Lipinski definition) is 5. The number of hydrogen-bond donors (Lipinski definition) is 1. The highest BCUT2D eigenvalue weighted by molar-refractivity contribution is 5.37. The Hall–Kier alpha value is -1.20. The lowest BCUT2D eigenvalue weighted by atomic mass is 9.58. The van der Waals surface area contributed by atoms with Crippen molar-refractivity contribution in [2.45, 2.75) is 31.5 Å². The lowest BCUT2D eigenvalue weighted by Crippen LogP contribution is -2.62. The molecule has 1 saturated heterocycles. The van der Waals surface area contributed by atoms with Gasteiger partial charge in [0.15, 0.2) is 5.82 Å². The van der Waals surface area contributed by atoms with E-state index in [1.54, 1.807) is 13.3 Å². The maximum atomic E-state index is 10.1. The molecule has 1 N–H and O–H groups in total. The smallest absolute Gasteiger partial charge is 0.151 e. The molecule has 5 heteroatoms. The van der Waals surface area contributed by atoms with Gasteiger partial charge in [-0.25, -0.2) is 0 Å². The van der Waals surface area contributed by atoms with Crippen molar-refractivity contribution in [2.75, 3.05) is 25.1 Å². The molecule has 2 atom stereocenters. The molecule has 18 heavy (non-hydrogen) atoms. The molecule has 0 aromatic carbocycles. The van der Waals surface area contributed by atoms with Crippen LogP contribution >= 0.6 is 0 Å². The van der Waals surface area contributed by atoms with Gasteiger partial charge in [-0.05, 0) is 25.0 Å². The Morgan fingerprint density at radius 1 is 1.44 bits per heavy atom. The molecule has 1 aromatic rings. The second-order valence-electron chi connectivity index (χ2n) is 5.28. The molecule has 2 heterocycles. The molecule has 5 nitrogen and oxygen atoms in total. The van der Waals surface area contributed by atoms with Gasteiger partial charge in [0.25, 0.3) is 0 Å². The van der Waals surface area contributed by atoms with Gasteiger partial charge in [0.2, 0.25) is 0 Å². The quantitative estimate of drug-likeness (QED) is 0.841. The predicted octanol–water partition coefficient (Wildman–Crippen LogP) is 0.843. The fourth-order valence-electron chi connectivity index (χ4n) is 3.33. The van der Waals surface area contributed by atoms with Crippen molar-refractivity contribution in [1.29, 1.82) is 0 Å². The van der Waals surface area contributed by atoms with E-state index in [9.17, 15) is 5.11 Å². The van der Waals surface area contributed by atoms with Gasteiger partial charge in [0, 0.05) is 38.2 Å². The first-order valence-electron chi connectivity index (χ1n) is 6.50. The number of ether oxygens (including phenoxy) is 1. The Balaban J connectivity index is 1.68.